The summed E-state index contributed by atoms with van der Waals surface area (Å²) in [5, 5.41) is 2.71. The minimum Gasteiger partial charge on any atom is -0.491 e. The Hall–Kier alpha value is -2.69. The molecule has 0 aromatic heterocycles. The number of nitrogens with one attached hydrogen (secondary N) is 1. The normalized spacial score (nSPS) is 30.2. The van der Waals surface area contributed by atoms with Crippen LogP contribution >= 0.6 is 0 Å². The third-order valence-electron chi connectivity index (χ3n) is 5.98. The summed E-state index contributed by atoms with van der Waals surface area (Å²) in [6.07, 6.45) is -2.56. The van der Waals surface area contributed by atoms with Gasteiger partial charge in [0.15, 0.2) is 17.9 Å². The molecule has 9 heteroatoms. The van der Waals surface area contributed by atoms with Gasteiger partial charge in [0.1, 0.15) is 43.4 Å². The van der Waals surface area contributed by atoms with E-state index >= 15 is 0 Å². The van der Waals surface area contributed by atoms with Gasteiger partial charge in [-0.2, -0.15) is 0 Å². The van der Waals surface area contributed by atoms with Crippen LogP contribution in [0.25, 0.3) is 0 Å². The summed E-state index contributed by atoms with van der Waals surface area (Å²) in [5.74, 6) is -0.904. The number of hydrogen-bond acceptors (Lipinski definition) is 8. The highest BCUT2D eigenvalue weighted by atomic mass is 16.9. The van der Waals surface area contributed by atoms with E-state index in [-0.39, 0.29) is 31.5 Å². The average molecular weight is 486 g/mol. The summed E-state index contributed by atoms with van der Waals surface area (Å²) in [4.78, 5) is 12.1. The van der Waals surface area contributed by atoms with E-state index in [1.807, 2.05) is 58.0 Å². The second-order valence-corrected chi connectivity index (χ2v) is 9.73. The van der Waals surface area contributed by atoms with Crippen molar-refractivity contribution in [3.05, 3.63) is 60.2 Å². The SMILES string of the molecule is CC1(C)O[C@H]2[C@@H](O1)[C@@H](COc1ccc(NC(=O)OCc3ccccc3)cc1)O[C@@H]1OC(C)(C)O[C@@H]12. The standard InChI is InChI=1S/C26H31NO8/c1-25(2)32-20-19(31-23-22(21(20)33-25)34-26(3,4)35-23)15-29-18-12-10-17(11-13-18)27-24(28)30-14-16-8-6-5-7-9-16/h5-13,19-23H,14-15H2,1-4H3,(H,27,28)/t19-,20+,21+,22-,23-/m1/s1. The Morgan fingerprint density at radius 2 is 1.51 bits per heavy atom. The highest BCUT2D eigenvalue weighted by molar-refractivity contribution is 5.84. The van der Waals surface area contributed by atoms with Gasteiger partial charge in [-0.1, -0.05) is 30.3 Å². The highest BCUT2D eigenvalue weighted by Crippen LogP contribution is 2.44. The van der Waals surface area contributed by atoms with Crippen molar-refractivity contribution in [2.45, 2.75) is 76.6 Å². The average Bonchev–Trinajstić information content (AvgIpc) is 3.31. The summed E-state index contributed by atoms with van der Waals surface area (Å²) in [5.41, 5.74) is 1.52. The van der Waals surface area contributed by atoms with E-state index in [0.717, 1.165) is 5.56 Å². The summed E-state index contributed by atoms with van der Waals surface area (Å²) in [6, 6.07) is 16.5. The van der Waals surface area contributed by atoms with Crippen LogP contribution in [0.15, 0.2) is 54.6 Å². The predicted molar refractivity (Wildman–Crippen MR) is 125 cm³/mol. The first-order valence-electron chi connectivity index (χ1n) is 11.7. The zero-order chi connectivity index (χ0) is 24.6. The highest BCUT2D eigenvalue weighted by Gasteiger charge is 2.60. The molecule has 35 heavy (non-hydrogen) atoms. The molecule has 3 fully saturated rings. The molecule has 0 unspecified atom stereocenters. The maximum absolute atomic E-state index is 12.1. The number of ether oxygens (including phenoxy) is 7. The number of benzene rings is 2. The Morgan fingerprint density at radius 3 is 2.26 bits per heavy atom. The van der Waals surface area contributed by atoms with Crippen LogP contribution in [0.1, 0.15) is 33.3 Å². The number of anilines is 1. The van der Waals surface area contributed by atoms with Crippen LogP contribution in [0.2, 0.25) is 0 Å². The molecule has 188 valence electrons. The molecule has 3 aliphatic heterocycles. The van der Waals surface area contributed by atoms with Crippen LogP contribution in [-0.4, -0.2) is 55.0 Å². The van der Waals surface area contributed by atoms with Gasteiger partial charge < -0.3 is 33.2 Å². The number of carbonyl (C=O) groups is 1. The first kappa shape index (κ1) is 24.0. The van der Waals surface area contributed by atoms with Crippen molar-refractivity contribution in [3.63, 3.8) is 0 Å². The minimum atomic E-state index is -0.767. The van der Waals surface area contributed by atoms with Crippen LogP contribution < -0.4 is 10.1 Å². The van der Waals surface area contributed by atoms with Crippen molar-refractivity contribution < 1.29 is 38.0 Å². The summed E-state index contributed by atoms with van der Waals surface area (Å²) in [7, 11) is 0. The molecule has 3 saturated heterocycles. The molecule has 3 aliphatic rings. The van der Waals surface area contributed by atoms with Gasteiger partial charge in [-0.05, 0) is 57.5 Å². The zero-order valence-corrected chi connectivity index (χ0v) is 20.3. The van der Waals surface area contributed by atoms with Gasteiger partial charge >= 0.3 is 6.09 Å². The number of amides is 1. The van der Waals surface area contributed by atoms with Crippen molar-refractivity contribution in [3.8, 4) is 5.75 Å². The molecule has 0 bridgehead atoms. The Balaban J connectivity index is 1.15. The molecule has 2 aromatic rings. The van der Waals surface area contributed by atoms with Crippen LogP contribution in [0.4, 0.5) is 10.5 Å². The van der Waals surface area contributed by atoms with Gasteiger partial charge in [0.25, 0.3) is 0 Å². The topological polar surface area (TPSA) is 93.7 Å². The van der Waals surface area contributed by atoms with E-state index in [1.165, 1.54) is 0 Å². The fourth-order valence-corrected chi connectivity index (χ4v) is 4.52. The van der Waals surface area contributed by atoms with E-state index in [1.54, 1.807) is 24.3 Å². The molecule has 0 spiro atoms. The Bertz CT molecular complexity index is 1030. The quantitative estimate of drug-likeness (QED) is 0.651. The second-order valence-electron chi connectivity index (χ2n) is 9.73. The molecule has 9 nitrogen and oxygen atoms in total. The molecule has 0 saturated carbocycles. The monoisotopic (exact) mass is 485 g/mol. The molecule has 5 atom stereocenters. The van der Waals surface area contributed by atoms with E-state index in [4.69, 9.17) is 33.2 Å². The van der Waals surface area contributed by atoms with E-state index in [0.29, 0.717) is 11.4 Å². The van der Waals surface area contributed by atoms with Crippen molar-refractivity contribution in [2.24, 2.45) is 0 Å². The third-order valence-corrected chi connectivity index (χ3v) is 5.98. The number of hydrogen-bond donors (Lipinski definition) is 1. The molecule has 1 amide bonds. The molecule has 3 heterocycles. The molecule has 0 aliphatic carbocycles. The summed E-state index contributed by atoms with van der Waals surface area (Å²) in [6.45, 7) is 7.88. The first-order valence-corrected chi connectivity index (χ1v) is 11.7. The lowest BCUT2D eigenvalue weighted by molar-refractivity contribution is -0.238. The zero-order valence-electron chi connectivity index (χ0n) is 20.3. The maximum atomic E-state index is 12.1. The van der Waals surface area contributed by atoms with Gasteiger partial charge in [0, 0.05) is 5.69 Å². The van der Waals surface area contributed by atoms with E-state index in [2.05, 4.69) is 5.32 Å². The Labute approximate surface area is 204 Å². The van der Waals surface area contributed by atoms with Gasteiger partial charge in [-0.25, -0.2) is 4.79 Å². The van der Waals surface area contributed by atoms with Crippen LogP contribution in [-0.2, 0) is 35.0 Å². The largest absolute Gasteiger partial charge is 0.491 e. The van der Waals surface area contributed by atoms with Crippen molar-refractivity contribution in [1.29, 1.82) is 0 Å². The van der Waals surface area contributed by atoms with Crippen LogP contribution in [0.5, 0.6) is 5.75 Å². The minimum absolute atomic E-state index is 0.202. The second kappa shape index (κ2) is 9.40. The molecular formula is C26H31NO8. The number of fused-ring (bicyclic) bond motifs is 3. The Kier molecular flexibility index (Phi) is 6.45. The maximum Gasteiger partial charge on any atom is 0.411 e. The van der Waals surface area contributed by atoms with Gasteiger partial charge in [0.2, 0.25) is 0 Å². The first-order chi connectivity index (χ1) is 16.7. The lowest BCUT2D eigenvalue weighted by atomic mass is 9.99. The fourth-order valence-electron chi connectivity index (χ4n) is 4.52. The molecular weight excluding hydrogens is 454 g/mol. The fraction of sp³-hybridized carbons (Fsp3) is 0.500. The van der Waals surface area contributed by atoms with Crippen molar-refractivity contribution in [1.82, 2.24) is 0 Å². The smallest absolute Gasteiger partial charge is 0.411 e. The van der Waals surface area contributed by atoms with E-state index < -0.39 is 30.1 Å². The molecule has 1 N–H and O–H groups in total. The number of carbonyl (C=O) groups excluding carboxylic acids is 1. The molecule has 2 aromatic carbocycles. The molecule has 5 rings (SSSR count). The van der Waals surface area contributed by atoms with Crippen molar-refractivity contribution >= 4 is 11.8 Å². The predicted octanol–water partition coefficient (Wildman–Crippen LogP) is 4.21. The third kappa shape index (κ3) is 5.60. The van der Waals surface area contributed by atoms with Gasteiger partial charge in [-0.15, -0.1) is 0 Å². The van der Waals surface area contributed by atoms with E-state index in [9.17, 15) is 4.79 Å². The molecule has 0 radical (unpaired) electrons. The van der Waals surface area contributed by atoms with Gasteiger partial charge in [0.05, 0.1) is 0 Å². The van der Waals surface area contributed by atoms with Crippen LogP contribution in [0.3, 0.4) is 0 Å². The lowest BCUT2D eigenvalue weighted by Crippen LogP contribution is -2.56. The summed E-state index contributed by atoms with van der Waals surface area (Å²) < 4.78 is 41.6. The lowest BCUT2D eigenvalue weighted by Gasteiger charge is -2.37. The number of rotatable bonds is 6. The van der Waals surface area contributed by atoms with Crippen molar-refractivity contribution in [2.75, 3.05) is 11.9 Å². The van der Waals surface area contributed by atoms with Gasteiger partial charge in [-0.3, -0.25) is 5.32 Å². The van der Waals surface area contributed by atoms with Crippen LogP contribution in [0, 0.1) is 0 Å². The Morgan fingerprint density at radius 1 is 0.857 bits per heavy atom. The summed E-state index contributed by atoms with van der Waals surface area (Å²) >= 11 is 0.